The van der Waals surface area contributed by atoms with Gasteiger partial charge in [-0.05, 0) is 30.9 Å². The zero-order valence-corrected chi connectivity index (χ0v) is 18.3. The summed E-state index contributed by atoms with van der Waals surface area (Å²) in [5.74, 6) is -0.887. The molecule has 8 heteroatoms. The summed E-state index contributed by atoms with van der Waals surface area (Å²) in [5, 5.41) is 5.27. The van der Waals surface area contributed by atoms with Crippen LogP contribution in [0.1, 0.15) is 56.3 Å². The van der Waals surface area contributed by atoms with Crippen molar-refractivity contribution in [3.8, 4) is 0 Å². The van der Waals surface area contributed by atoms with Crippen molar-refractivity contribution in [2.24, 2.45) is 11.7 Å². The minimum absolute atomic E-state index is 0. The van der Waals surface area contributed by atoms with Crippen LogP contribution in [0.2, 0.25) is 0 Å². The number of rotatable bonds is 7. The Bertz CT molecular complexity index is 705. The van der Waals surface area contributed by atoms with Crippen molar-refractivity contribution < 1.29 is 14.4 Å². The van der Waals surface area contributed by atoms with Crippen molar-refractivity contribution in [3.05, 3.63) is 29.8 Å². The summed E-state index contributed by atoms with van der Waals surface area (Å²) in [7, 11) is 1.82. The Morgan fingerprint density at radius 1 is 1.14 bits per heavy atom. The zero-order valence-electron chi connectivity index (χ0n) is 17.4. The third kappa shape index (κ3) is 7.01. The standard InChI is InChI=1S/C21H32N4O3.ClH/c1-14(2)19(22)20(27)23-13-18(26)24-17-12-8-7-11-16(17)21(28)25(3)15-9-5-4-6-10-15;/h7-8,11-12,14-15,19H,4-6,9-10,13,22H2,1-3H3,(H,23,27)(H,24,26);1H/t19-;/m0./s1. The van der Waals surface area contributed by atoms with Gasteiger partial charge in [0.25, 0.3) is 5.91 Å². The molecule has 2 rings (SSSR count). The van der Waals surface area contributed by atoms with Crippen LogP contribution in [0.25, 0.3) is 0 Å². The summed E-state index contributed by atoms with van der Waals surface area (Å²) in [6.07, 6.45) is 5.52. The number of anilines is 1. The van der Waals surface area contributed by atoms with Gasteiger partial charge >= 0.3 is 0 Å². The van der Waals surface area contributed by atoms with Crippen LogP contribution < -0.4 is 16.4 Å². The Balaban J connectivity index is 0.00000420. The number of nitrogens with one attached hydrogen (secondary N) is 2. The fraction of sp³-hybridized carbons (Fsp3) is 0.571. The highest BCUT2D eigenvalue weighted by atomic mass is 35.5. The Morgan fingerprint density at radius 2 is 1.76 bits per heavy atom. The van der Waals surface area contributed by atoms with E-state index in [2.05, 4.69) is 10.6 Å². The van der Waals surface area contributed by atoms with E-state index in [1.54, 1.807) is 29.2 Å². The van der Waals surface area contributed by atoms with E-state index in [4.69, 9.17) is 5.73 Å². The first-order valence-corrected chi connectivity index (χ1v) is 10.0. The molecule has 1 fully saturated rings. The van der Waals surface area contributed by atoms with Crippen LogP contribution in [-0.4, -0.2) is 48.3 Å². The molecule has 7 nitrogen and oxygen atoms in total. The molecule has 0 spiro atoms. The van der Waals surface area contributed by atoms with E-state index >= 15 is 0 Å². The van der Waals surface area contributed by atoms with Gasteiger partial charge in [-0.25, -0.2) is 0 Å². The maximum Gasteiger partial charge on any atom is 0.255 e. The Hall–Kier alpha value is -2.12. The SMILES string of the molecule is CC(C)[C@H](N)C(=O)NCC(=O)Nc1ccccc1C(=O)N(C)C1CCCCC1.Cl. The Kier molecular flexibility index (Phi) is 10.1. The first-order chi connectivity index (χ1) is 13.3. The summed E-state index contributed by atoms with van der Waals surface area (Å²) in [6.45, 7) is 3.49. The molecule has 0 saturated heterocycles. The number of amides is 3. The first kappa shape index (κ1) is 24.9. The third-order valence-corrected chi connectivity index (χ3v) is 5.32. The second-order valence-electron chi connectivity index (χ2n) is 7.79. The van der Waals surface area contributed by atoms with Crippen LogP contribution in [0, 0.1) is 5.92 Å². The third-order valence-electron chi connectivity index (χ3n) is 5.32. The molecule has 0 bridgehead atoms. The Morgan fingerprint density at radius 3 is 2.38 bits per heavy atom. The van der Waals surface area contributed by atoms with E-state index in [-0.39, 0.29) is 42.7 Å². The van der Waals surface area contributed by atoms with Crippen molar-refractivity contribution in [2.75, 3.05) is 18.9 Å². The number of benzene rings is 1. The molecular weight excluding hydrogens is 392 g/mol. The fourth-order valence-electron chi connectivity index (χ4n) is 3.39. The minimum atomic E-state index is -0.661. The lowest BCUT2D eigenvalue weighted by Crippen LogP contribution is -2.46. The number of hydrogen-bond donors (Lipinski definition) is 3. The number of halogens is 1. The molecule has 0 unspecified atom stereocenters. The predicted octanol–water partition coefficient (Wildman–Crippen LogP) is 2.55. The molecule has 1 aromatic rings. The van der Waals surface area contributed by atoms with Gasteiger partial charge in [-0.3, -0.25) is 14.4 Å². The average molecular weight is 425 g/mol. The molecule has 1 atom stereocenters. The van der Waals surface area contributed by atoms with E-state index in [1.165, 1.54) is 6.42 Å². The van der Waals surface area contributed by atoms with Gasteiger partial charge in [0.1, 0.15) is 0 Å². The number of nitrogens with zero attached hydrogens (tertiary/aromatic N) is 1. The van der Waals surface area contributed by atoms with E-state index < -0.39 is 11.9 Å². The van der Waals surface area contributed by atoms with Crippen LogP contribution in [0.4, 0.5) is 5.69 Å². The summed E-state index contributed by atoms with van der Waals surface area (Å²) in [4.78, 5) is 38.9. The van der Waals surface area contributed by atoms with Gasteiger partial charge in [-0.15, -0.1) is 12.4 Å². The maximum absolute atomic E-state index is 13.0. The quantitative estimate of drug-likeness (QED) is 0.625. The number of nitrogens with two attached hydrogens (primary N) is 1. The second kappa shape index (κ2) is 11.8. The van der Waals surface area contributed by atoms with Crippen LogP contribution in [0.3, 0.4) is 0 Å². The topological polar surface area (TPSA) is 105 Å². The van der Waals surface area contributed by atoms with Crippen molar-refractivity contribution in [3.63, 3.8) is 0 Å². The molecule has 3 amide bonds. The molecule has 4 N–H and O–H groups in total. The van der Waals surface area contributed by atoms with E-state index in [1.807, 2.05) is 20.9 Å². The molecule has 0 aromatic heterocycles. The van der Waals surface area contributed by atoms with E-state index in [9.17, 15) is 14.4 Å². The van der Waals surface area contributed by atoms with Gasteiger partial charge in [0.15, 0.2) is 0 Å². The normalized spacial score (nSPS) is 15.2. The molecule has 1 saturated carbocycles. The number of carbonyl (C=O) groups excluding carboxylic acids is 3. The summed E-state index contributed by atoms with van der Waals surface area (Å²) in [6, 6.07) is 6.53. The van der Waals surface area contributed by atoms with Crippen molar-refractivity contribution in [1.29, 1.82) is 0 Å². The Labute approximate surface area is 179 Å². The summed E-state index contributed by atoms with van der Waals surface area (Å²) >= 11 is 0. The fourth-order valence-corrected chi connectivity index (χ4v) is 3.39. The van der Waals surface area contributed by atoms with Crippen LogP contribution in [0.5, 0.6) is 0 Å². The molecular formula is C21H33ClN4O3. The van der Waals surface area contributed by atoms with Gasteiger partial charge in [-0.2, -0.15) is 0 Å². The number of para-hydroxylation sites is 1. The van der Waals surface area contributed by atoms with Crippen molar-refractivity contribution >= 4 is 35.8 Å². The lowest BCUT2D eigenvalue weighted by atomic mass is 9.94. The average Bonchev–Trinajstić information content (AvgIpc) is 2.71. The smallest absolute Gasteiger partial charge is 0.255 e. The van der Waals surface area contributed by atoms with Gasteiger partial charge < -0.3 is 21.3 Å². The highest BCUT2D eigenvalue weighted by Crippen LogP contribution is 2.25. The van der Waals surface area contributed by atoms with Crippen LogP contribution in [-0.2, 0) is 9.59 Å². The predicted molar refractivity (Wildman–Crippen MR) is 117 cm³/mol. The molecule has 0 radical (unpaired) electrons. The summed E-state index contributed by atoms with van der Waals surface area (Å²) < 4.78 is 0. The molecule has 0 heterocycles. The molecule has 1 aliphatic rings. The van der Waals surface area contributed by atoms with Crippen molar-refractivity contribution in [1.82, 2.24) is 10.2 Å². The lowest BCUT2D eigenvalue weighted by molar-refractivity contribution is -0.125. The monoisotopic (exact) mass is 424 g/mol. The maximum atomic E-state index is 13.0. The van der Waals surface area contributed by atoms with Gasteiger partial charge in [0.05, 0.1) is 23.8 Å². The number of carbonyl (C=O) groups is 3. The molecule has 162 valence electrons. The molecule has 29 heavy (non-hydrogen) atoms. The minimum Gasteiger partial charge on any atom is -0.346 e. The van der Waals surface area contributed by atoms with Crippen molar-refractivity contribution in [2.45, 2.75) is 58.0 Å². The van der Waals surface area contributed by atoms with Gasteiger partial charge in [0, 0.05) is 13.1 Å². The van der Waals surface area contributed by atoms with Crippen LogP contribution >= 0.6 is 12.4 Å². The largest absolute Gasteiger partial charge is 0.346 e. The summed E-state index contributed by atoms with van der Waals surface area (Å²) in [5.41, 5.74) is 6.67. The zero-order chi connectivity index (χ0) is 20.7. The lowest BCUT2D eigenvalue weighted by Gasteiger charge is -2.31. The molecule has 1 aliphatic carbocycles. The van der Waals surface area contributed by atoms with E-state index in [0.717, 1.165) is 25.7 Å². The molecule has 0 aliphatic heterocycles. The van der Waals surface area contributed by atoms with Gasteiger partial charge in [0.2, 0.25) is 11.8 Å². The second-order valence-corrected chi connectivity index (χ2v) is 7.79. The highest BCUT2D eigenvalue weighted by Gasteiger charge is 2.25. The van der Waals surface area contributed by atoms with E-state index in [0.29, 0.717) is 11.3 Å². The molecule has 1 aromatic carbocycles. The highest BCUT2D eigenvalue weighted by molar-refractivity contribution is 6.04. The van der Waals surface area contributed by atoms with Crippen LogP contribution in [0.15, 0.2) is 24.3 Å². The first-order valence-electron chi connectivity index (χ1n) is 10.0. The van der Waals surface area contributed by atoms with Gasteiger partial charge in [-0.1, -0.05) is 45.2 Å². The number of hydrogen-bond acceptors (Lipinski definition) is 4.